The first-order chi connectivity index (χ1) is 16.2. The van der Waals surface area contributed by atoms with E-state index in [0.29, 0.717) is 5.56 Å². The average molecular weight is 753 g/mol. The molecule has 0 aliphatic heterocycles. The molecule has 8 unspecified atom stereocenters. The van der Waals surface area contributed by atoms with Gasteiger partial charge in [-0.05, 0) is 23.3 Å². The smallest absolute Gasteiger partial charge is 0.167 e. The van der Waals surface area contributed by atoms with E-state index in [2.05, 4.69) is 0 Å². The first-order valence-electron chi connectivity index (χ1n) is 9.94. The average Bonchev–Trinajstić information content (AvgIpc) is 3.12. The number of hydrogen-bond acceptors (Lipinski definition) is 3. The van der Waals surface area contributed by atoms with Crippen LogP contribution in [0.3, 0.4) is 0 Å². The molecule has 0 amide bonds. The standard InChI is InChI=1S/C20H8Cl12O3S/c21-11-13(23)17(27)9-7(15(11,25)19(17,29)30)5-2-1-4(36(33,34)35)3-6(5)8-10(9)18(28)14(24)12(22)16(8,26)20(18,31)32/h1-3,7-10H,(H,33,34,35)/p-1. The van der Waals surface area contributed by atoms with E-state index in [4.69, 9.17) is 139 Å². The Morgan fingerprint density at radius 1 is 0.611 bits per heavy atom. The van der Waals surface area contributed by atoms with E-state index in [1.54, 1.807) is 0 Å². The Labute approximate surface area is 265 Å². The van der Waals surface area contributed by atoms with Crippen LogP contribution in [0.5, 0.6) is 0 Å². The van der Waals surface area contributed by atoms with Gasteiger partial charge in [0.2, 0.25) is 0 Å². The number of halogens is 12. The van der Waals surface area contributed by atoms with Gasteiger partial charge < -0.3 is 4.55 Å². The lowest BCUT2D eigenvalue weighted by Gasteiger charge is -2.52. The third-order valence-corrected chi connectivity index (χ3v) is 17.8. The Hall–Kier alpha value is 2.09. The first kappa shape index (κ1) is 28.2. The van der Waals surface area contributed by atoms with Gasteiger partial charge in [-0.1, -0.05) is 98.9 Å². The van der Waals surface area contributed by atoms with Gasteiger partial charge >= 0.3 is 0 Å². The van der Waals surface area contributed by atoms with Crippen molar-refractivity contribution in [2.24, 2.45) is 11.8 Å². The number of allylic oxidation sites excluding steroid dienone is 4. The van der Waals surface area contributed by atoms with Gasteiger partial charge in [0, 0.05) is 23.7 Å². The molecular weight excluding hydrogens is 746 g/mol. The third kappa shape index (κ3) is 2.51. The molecule has 5 aliphatic carbocycles. The highest BCUT2D eigenvalue weighted by atomic mass is 35.5. The molecule has 1 aromatic carbocycles. The maximum atomic E-state index is 12.0. The summed E-state index contributed by atoms with van der Waals surface area (Å²) in [6.45, 7) is 0. The van der Waals surface area contributed by atoms with E-state index < -0.39 is 66.8 Å². The highest BCUT2D eigenvalue weighted by Crippen LogP contribution is 2.88. The quantitative estimate of drug-likeness (QED) is 0.213. The summed E-state index contributed by atoms with van der Waals surface area (Å²) in [4.78, 5) is -7.91. The number of rotatable bonds is 1. The molecular formula is C20H7Cl12O3S-. The van der Waals surface area contributed by atoms with Crippen molar-refractivity contribution in [2.45, 2.75) is 44.9 Å². The van der Waals surface area contributed by atoms with E-state index in [0.717, 1.165) is 12.1 Å². The molecule has 36 heavy (non-hydrogen) atoms. The van der Waals surface area contributed by atoms with Crippen LogP contribution in [0.25, 0.3) is 0 Å². The zero-order chi connectivity index (χ0) is 27.0. The molecule has 0 radical (unpaired) electrons. The number of fused-ring (bicyclic) bond motifs is 14. The van der Waals surface area contributed by atoms with Crippen molar-refractivity contribution < 1.29 is 13.0 Å². The fourth-order valence-corrected chi connectivity index (χ4v) is 13.6. The van der Waals surface area contributed by atoms with E-state index in [1.807, 2.05) is 0 Å². The molecule has 0 heterocycles. The van der Waals surface area contributed by atoms with Gasteiger partial charge in [0.1, 0.15) is 29.6 Å². The third-order valence-electron chi connectivity index (χ3n) is 8.39. The van der Waals surface area contributed by atoms with Gasteiger partial charge in [0.05, 0.1) is 25.0 Å². The highest BCUT2D eigenvalue weighted by molar-refractivity contribution is 7.85. The van der Waals surface area contributed by atoms with Crippen LogP contribution < -0.4 is 0 Å². The molecule has 196 valence electrons. The van der Waals surface area contributed by atoms with Crippen molar-refractivity contribution >= 4 is 149 Å². The van der Waals surface area contributed by atoms with Gasteiger partial charge in [-0.15, -0.1) is 46.4 Å². The number of benzene rings is 1. The normalized spacial score (nSPS) is 47.4. The fraction of sp³-hybridized carbons (Fsp3) is 0.500. The van der Waals surface area contributed by atoms with E-state index in [9.17, 15) is 13.0 Å². The summed E-state index contributed by atoms with van der Waals surface area (Å²) in [5.41, 5.74) is 0.637. The van der Waals surface area contributed by atoms with Crippen molar-refractivity contribution in [3.05, 3.63) is 49.5 Å². The maximum absolute atomic E-state index is 12.0. The minimum atomic E-state index is -4.90. The molecule has 0 N–H and O–H groups in total. The van der Waals surface area contributed by atoms with Gasteiger partial charge in [-0.25, -0.2) is 8.42 Å². The van der Waals surface area contributed by atoms with Crippen LogP contribution in [0.15, 0.2) is 43.2 Å². The summed E-state index contributed by atoms with van der Waals surface area (Å²) < 4.78 is 31.8. The van der Waals surface area contributed by atoms with Gasteiger partial charge in [0.25, 0.3) is 0 Å². The van der Waals surface area contributed by atoms with Crippen LogP contribution in [0.2, 0.25) is 0 Å². The van der Waals surface area contributed by atoms with Crippen molar-refractivity contribution in [1.82, 2.24) is 0 Å². The highest BCUT2D eigenvalue weighted by Gasteiger charge is 2.91. The predicted molar refractivity (Wildman–Crippen MR) is 148 cm³/mol. The Morgan fingerprint density at radius 3 is 1.36 bits per heavy atom. The molecule has 6 rings (SSSR count). The summed E-state index contributed by atoms with van der Waals surface area (Å²) in [5.74, 6) is -3.87. The summed E-state index contributed by atoms with van der Waals surface area (Å²) in [7, 11) is -4.90. The predicted octanol–water partition coefficient (Wildman–Crippen LogP) is 8.69. The lowest BCUT2D eigenvalue weighted by atomic mass is 9.57. The van der Waals surface area contributed by atoms with Crippen molar-refractivity contribution in [2.75, 3.05) is 0 Å². The van der Waals surface area contributed by atoms with E-state index in [-0.39, 0.29) is 25.7 Å². The molecule has 3 nitrogen and oxygen atoms in total. The molecule has 0 saturated heterocycles. The zero-order valence-electron chi connectivity index (χ0n) is 16.7. The van der Waals surface area contributed by atoms with E-state index >= 15 is 0 Å². The molecule has 0 aromatic heterocycles. The lowest BCUT2D eigenvalue weighted by molar-refractivity contribution is 0.201. The maximum Gasteiger partial charge on any atom is 0.167 e. The minimum Gasteiger partial charge on any atom is -0.744 e. The van der Waals surface area contributed by atoms with Crippen molar-refractivity contribution in [3.63, 3.8) is 0 Å². The van der Waals surface area contributed by atoms with Crippen LogP contribution in [0.1, 0.15) is 23.0 Å². The molecule has 16 heteroatoms. The molecule has 4 bridgehead atoms. The first-order valence-corrected chi connectivity index (χ1v) is 15.9. The summed E-state index contributed by atoms with van der Waals surface area (Å²) in [5, 5.41) is -0.455. The second-order valence-corrected chi connectivity index (χ2v) is 17.4. The van der Waals surface area contributed by atoms with Crippen molar-refractivity contribution in [3.8, 4) is 0 Å². The molecule has 8 atom stereocenters. The largest absolute Gasteiger partial charge is 0.744 e. The molecule has 5 aliphatic rings. The van der Waals surface area contributed by atoms with Crippen LogP contribution in [0, 0.1) is 11.8 Å². The summed E-state index contributed by atoms with van der Waals surface area (Å²) in [6, 6.07) is 3.69. The Morgan fingerprint density at radius 2 is 0.972 bits per heavy atom. The van der Waals surface area contributed by atoms with Gasteiger partial charge in [-0.2, -0.15) is 0 Å². The minimum absolute atomic E-state index is 0.0907. The lowest BCUT2D eigenvalue weighted by Crippen LogP contribution is -2.53. The Balaban J connectivity index is 1.80. The number of hydrogen-bond donors (Lipinski definition) is 0. The van der Waals surface area contributed by atoms with Crippen LogP contribution in [-0.4, -0.2) is 41.1 Å². The van der Waals surface area contributed by atoms with Crippen molar-refractivity contribution in [1.29, 1.82) is 0 Å². The second kappa shape index (κ2) is 7.53. The zero-order valence-corrected chi connectivity index (χ0v) is 26.6. The van der Waals surface area contributed by atoms with Crippen LogP contribution in [0.4, 0.5) is 0 Å². The molecule has 2 saturated carbocycles. The number of alkyl halides is 8. The topological polar surface area (TPSA) is 57.2 Å². The van der Waals surface area contributed by atoms with Crippen LogP contribution >= 0.6 is 139 Å². The SMILES string of the molecule is O=S(=O)([O-])c1ccc2c(c1)C1C(C3C2C2(Cl)C(Cl)=C(Cl)C3(Cl)C2(Cl)Cl)C2(Cl)C(Cl)=C(Cl)C1(Cl)C2(Cl)Cl. The second-order valence-electron chi connectivity index (χ2n) is 9.50. The molecule has 1 aromatic rings. The van der Waals surface area contributed by atoms with Gasteiger partial charge in [0.15, 0.2) is 8.67 Å². The Kier molecular flexibility index (Phi) is 5.90. The molecule has 0 spiro atoms. The summed E-state index contributed by atoms with van der Waals surface area (Å²) >= 11 is 82.7. The van der Waals surface area contributed by atoms with E-state index in [1.165, 1.54) is 6.07 Å². The van der Waals surface area contributed by atoms with Crippen LogP contribution in [-0.2, 0) is 10.1 Å². The fourth-order valence-electron chi connectivity index (χ4n) is 7.03. The molecule has 2 fully saturated rings. The van der Waals surface area contributed by atoms with Gasteiger partial charge in [-0.3, -0.25) is 0 Å². The monoisotopic (exact) mass is 747 g/mol. The summed E-state index contributed by atoms with van der Waals surface area (Å²) in [6.07, 6.45) is 0. The Bertz CT molecular complexity index is 1470.